The van der Waals surface area contributed by atoms with E-state index < -0.39 is 0 Å². The molecule has 0 saturated heterocycles. The van der Waals surface area contributed by atoms with Crippen molar-refractivity contribution in [1.82, 2.24) is 0 Å². The molecular formula is C13H13ClN2. The quantitative estimate of drug-likeness (QED) is 0.783. The molecule has 0 fully saturated rings. The number of hydrogen-bond donors (Lipinski definition) is 2. The standard InChI is InChI=1S/C13H13ClN2/c14-11-6-4-9(5-7-11)13(16)10-2-1-3-12(15)8-10/h1-8,13H,15-16H2. The first-order chi connectivity index (χ1) is 7.66. The van der Waals surface area contributed by atoms with E-state index in [1.807, 2.05) is 48.5 Å². The van der Waals surface area contributed by atoms with Crippen LogP contribution in [0.5, 0.6) is 0 Å². The summed E-state index contributed by atoms with van der Waals surface area (Å²) < 4.78 is 0. The summed E-state index contributed by atoms with van der Waals surface area (Å²) in [6, 6.07) is 15.0. The second-order valence-electron chi connectivity index (χ2n) is 3.70. The van der Waals surface area contributed by atoms with Gasteiger partial charge in [0.1, 0.15) is 0 Å². The van der Waals surface area contributed by atoms with Gasteiger partial charge in [0.2, 0.25) is 0 Å². The predicted octanol–water partition coefficient (Wildman–Crippen LogP) is 2.97. The fraction of sp³-hybridized carbons (Fsp3) is 0.0769. The van der Waals surface area contributed by atoms with Gasteiger partial charge in [-0.1, -0.05) is 35.9 Å². The minimum Gasteiger partial charge on any atom is -0.399 e. The van der Waals surface area contributed by atoms with E-state index in [2.05, 4.69) is 0 Å². The number of nitrogen functional groups attached to an aromatic ring is 1. The first-order valence-electron chi connectivity index (χ1n) is 5.03. The largest absolute Gasteiger partial charge is 0.399 e. The van der Waals surface area contributed by atoms with E-state index in [0.29, 0.717) is 5.02 Å². The van der Waals surface area contributed by atoms with Crippen molar-refractivity contribution in [3.05, 3.63) is 64.7 Å². The first kappa shape index (κ1) is 11.0. The normalized spacial score (nSPS) is 12.4. The summed E-state index contributed by atoms with van der Waals surface area (Å²) >= 11 is 5.83. The van der Waals surface area contributed by atoms with Gasteiger partial charge in [0.25, 0.3) is 0 Å². The summed E-state index contributed by atoms with van der Waals surface area (Å²) in [7, 11) is 0. The summed E-state index contributed by atoms with van der Waals surface area (Å²) in [5.74, 6) is 0. The summed E-state index contributed by atoms with van der Waals surface area (Å²) in [5, 5.41) is 0.712. The van der Waals surface area contributed by atoms with Gasteiger partial charge in [-0.25, -0.2) is 0 Å². The maximum atomic E-state index is 6.14. The van der Waals surface area contributed by atoms with Crippen LogP contribution in [-0.2, 0) is 0 Å². The van der Waals surface area contributed by atoms with E-state index in [4.69, 9.17) is 23.1 Å². The zero-order valence-corrected chi connectivity index (χ0v) is 9.48. The molecule has 0 spiro atoms. The lowest BCUT2D eigenvalue weighted by atomic mass is 9.99. The van der Waals surface area contributed by atoms with Crippen LogP contribution in [0.25, 0.3) is 0 Å². The molecule has 16 heavy (non-hydrogen) atoms. The Hall–Kier alpha value is -1.51. The summed E-state index contributed by atoms with van der Waals surface area (Å²) in [6.45, 7) is 0. The summed E-state index contributed by atoms with van der Waals surface area (Å²) in [4.78, 5) is 0. The highest BCUT2D eigenvalue weighted by Crippen LogP contribution is 2.22. The molecule has 0 aromatic heterocycles. The van der Waals surface area contributed by atoms with E-state index in [1.165, 1.54) is 0 Å². The van der Waals surface area contributed by atoms with E-state index >= 15 is 0 Å². The minimum absolute atomic E-state index is 0.166. The van der Waals surface area contributed by atoms with Crippen LogP contribution in [0.1, 0.15) is 17.2 Å². The van der Waals surface area contributed by atoms with E-state index in [9.17, 15) is 0 Å². The lowest BCUT2D eigenvalue weighted by Gasteiger charge is -2.13. The molecule has 0 aliphatic carbocycles. The molecule has 3 heteroatoms. The monoisotopic (exact) mass is 232 g/mol. The fourth-order valence-corrected chi connectivity index (χ4v) is 1.74. The molecule has 0 aliphatic rings. The predicted molar refractivity (Wildman–Crippen MR) is 68.3 cm³/mol. The number of anilines is 1. The summed E-state index contributed by atoms with van der Waals surface area (Å²) in [5.41, 5.74) is 14.6. The SMILES string of the molecule is Nc1cccc(C(N)c2ccc(Cl)cc2)c1. The van der Waals surface area contributed by atoms with Crippen molar-refractivity contribution in [2.75, 3.05) is 5.73 Å². The number of hydrogen-bond acceptors (Lipinski definition) is 2. The molecule has 1 atom stereocenters. The van der Waals surface area contributed by atoms with Crippen LogP contribution in [0.15, 0.2) is 48.5 Å². The van der Waals surface area contributed by atoms with Crippen molar-refractivity contribution in [3.63, 3.8) is 0 Å². The molecule has 82 valence electrons. The molecule has 0 saturated carbocycles. The average Bonchev–Trinajstić information content (AvgIpc) is 2.29. The molecule has 2 rings (SSSR count). The number of halogens is 1. The number of rotatable bonds is 2. The van der Waals surface area contributed by atoms with Crippen molar-refractivity contribution in [2.45, 2.75) is 6.04 Å². The van der Waals surface area contributed by atoms with Crippen LogP contribution in [0, 0.1) is 0 Å². The third kappa shape index (κ3) is 2.35. The molecule has 0 radical (unpaired) electrons. The van der Waals surface area contributed by atoms with Crippen molar-refractivity contribution < 1.29 is 0 Å². The van der Waals surface area contributed by atoms with Gasteiger partial charge in [0.15, 0.2) is 0 Å². The van der Waals surface area contributed by atoms with E-state index in [-0.39, 0.29) is 6.04 Å². The van der Waals surface area contributed by atoms with E-state index in [0.717, 1.165) is 16.8 Å². The van der Waals surface area contributed by atoms with E-state index in [1.54, 1.807) is 0 Å². The van der Waals surface area contributed by atoms with Gasteiger partial charge in [-0.05, 0) is 35.4 Å². The van der Waals surface area contributed by atoms with Gasteiger partial charge < -0.3 is 11.5 Å². The minimum atomic E-state index is -0.166. The molecular weight excluding hydrogens is 220 g/mol. The number of nitrogens with two attached hydrogens (primary N) is 2. The van der Waals surface area contributed by atoms with Gasteiger partial charge in [-0.15, -0.1) is 0 Å². The Labute approximate surface area is 99.8 Å². The van der Waals surface area contributed by atoms with Crippen LogP contribution in [0.3, 0.4) is 0 Å². The smallest absolute Gasteiger partial charge is 0.0552 e. The highest BCUT2D eigenvalue weighted by atomic mass is 35.5. The molecule has 0 aliphatic heterocycles. The van der Waals surface area contributed by atoms with Crippen LogP contribution >= 0.6 is 11.6 Å². The summed E-state index contributed by atoms with van der Waals surface area (Å²) in [6.07, 6.45) is 0. The molecule has 2 aromatic rings. The Morgan fingerprint density at radius 1 is 0.938 bits per heavy atom. The van der Waals surface area contributed by atoms with Crippen LogP contribution < -0.4 is 11.5 Å². The molecule has 2 aromatic carbocycles. The molecule has 0 amide bonds. The third-order valence-electron chi connectivity index (χ3n) is 2.50. The maximum Gasteiger partial charge on any atom is 0.0552 e. The number of benzene rings is 2. The van der Waals surface area contributed by atoms with Crippen molar-refractivity contribution in [2.24, 2.45) is 5.73 Å². The topological polar surface area (TPSA) is 52.0 Å². The molecule has 0 bridgehead atoms. The van der Waals surface area contributed by atoms with Gasteiger partial charge >= 0.3 is 0 Å². The van der Waals surface area contributed by atoms with Crippen molar-refractivity contribution in [3.8, 4) is 0 Å². The molecule has 4 N–H and O–H groups in total. The van der Waals surface area contributed by atoms with Crippen LogP contribution in [0.4, 0.5) is 5.69 Å². The second kappa shape index (κ2) is 4.56. The highest BCUT2D eigenvalue weighted by molar-refractivity contribution is 6.30. The van der Waals surface area contributed by atoms with Gasteiger partial charge in [-0.2, -0.15) is 0 Å². The maximum absolute atomic E-state index is 6.14. The average molecular weight is 233 g/mol. The first-order valence-corrected chi connectivity index (χ1v) is 5.41. The Bertz CT molecular complexity index is 480. The zero-order chi connectivity index (χ0) is 11.5. The van der Waals surface area contributed by atoms with Gasteiger partial charge in [0.05, 0.1) is 6.04 Å². The highest BCUT2D eigenvalue weighted by Gasteiger charge is 2.08. The Kier molecular flexibility index (Phi) is 3.13. The Morgan fingerprint density at radius 2 is 1.62 bits per heavy atom. The van der Waals surface area contributed by atoms with Crippen molar-refractivity contribution >= 4 is 17.3 Å². The second-order valence-corrected chi connectivity index (χ2v) is 4.14. The molecule has 1 unspecified atom stereocenters. The molecule has 2 nitrogen and oxygen atoms in total. The zero-order valence-electron chi connectivity index (χ0n) is 8.73. The lowest BCUT2D eigenvalue weighted by molar-refractivity contribution is 0.872. The van der Waals surface area contributed by atoms with Gasteiger partial charge in [-0.3, -0.25) is 0 Å². The van der Waals surface area contributed by atoms with Crippen LogP contribution in [-0.4, -0.2) is 0 Å². The van der Waals surface area contributed by atoms with Crippen molar-refractivity contribution in [1.29, 1.82) is 0 Å². The third-order valence-corrected chi connectivity index (χ3v) is 2.75. The lowest BCUT2D eigenvalue weighted by Crippen LogP contribution is -2.11. The van der Waals surface area contributed by atoms with Gasteiger partial charge in [0, 0.05) is 10.7 Å². The van der Waals surface area contributed by atoms with Crippen LogP contribution in [0.2, 0.25) is 5.02 Å². The Morgan fingerprint density at radius 3 is 2.25 bits per heavy atom. The fourth-order valence-electron chi connectivity index (χ4n) is 1.62. The Balaban J connectivity index is 2.31. The molecule has 0 heterocycles.